The zero-order chi connectivity index (χ0) is 17.1. The van der Waals surface area contributed by atoms with Crippen LogP contribution >= 0.6 is 0 Å². The smallest absolute Gasteiger partial charge is 4.00 e. The van der Waals surface area contributed by atoms with Crippen LogP contribution < -0.4 is 4.40 Å². The summed E-state index contributed by atoms with van der Waals surface area (Å²) < 4.78 is 35.0. The molecule has 0 saturated carbocycles. The maximum absolute atomic E-state index is 11.8. The van der Waals surface area contributed by atoms with Crippen molar-refractivity contribution in [3.05, 3.63) is 41.5 Å². The number of rotatable bonds is 4. The second-order valence-electron chi connectivity index (χ2n) is 3.92. The summed E-state index contributed by atoms with van der Waals surface area (Å²) in [6, 6.07) is 5.07. The van der Waals surface area contributed by atoms with Gasteiger partial charge in [0.15, 0.2) is 0 Å². The first-order valence-electron chi connectivity index (χ1n) is 7.08. The van der Waals surface area contributed by atoms with Crippen molar-refractivity contribution in [3.63, 3.8) is 0 Å². The van der Waals surface area contributed by atoms with E-state index >= 15 is 0 Å². The van der Waals surface area contributed by atoms with Crippen molar-refractivity contribution in [3.8, 4) is 0 Å². The van der Waals surface area contributed by atoms with Gasteiger partial charge in [-0.25, -0.2) is 0 Å². The van der Waals surface area contributed by atoms with Crippen LogP contribution in [0, 0.1) is 0 Å². The van der Waals surface area contributed by atoms with Crippen molar-refractivity contribution in [1.29, 1.82) is 0 Å². The molecular formula is C14H28F3GeN3Zr. The minimum absolute atomic E-state index is 0. The molecule has 22 heavy (non-hydrogen) atoms. The summed E-state index contributed by atoms with van der Waals surface area (Å²) in [6.45, 7) is 7.69. The molecule has 0 heterocycles. The molecule has 3 N–H and O–H groups in total. The first-order valence-corrected chi connectivity index (χ1v) is 10.5. The van der Waals surface area contributed by atoms with Gasteiger partial charge in [-0.05, 0) is 0 Å². The number of hydrogen-bond acceptors (Lipinski definition) is 0. The molecule has 0 atom stereocenters. The van der Waals surface area contributed by atoms with Crippen LogP contribution in [0.25, 0.3) is 17.2 Å². The molecule has 1 aromatic rings. The summed E-state index contributed by atoms with van der Waals surface area (Å²) in [6.07, 6.45) is 2.96. The van der Waals surface area contributed by atoms with Crippen LogP contribution in [-0.4, -0.2) is 34.3 Å². The molecule has 3 nitrogen and oxygen atoms in total. The Morgan fingerprint density at radius 1 is 0.773 bits per heavy atom. The first kappa shape index (κ1) is 30.3. The summed E-state index contributed by atoms with van der Waals surface area (Å²) in [7, 11) is 0. The zero-order valence-corrected chi connectivity index (χ0v) is 18.2. The third kappa shape index (κ3) is 28.6. The van der Waals surface area contributed by atoms with Crippen LogP contribution in [-0.2, 0) is 26.2 Å². The number of hydrogen-bond donors (Lipinski definition) is 0. The predicted molar refractivity (Wildman–Crippen MR) is 89.2 cm³/mol. The van der Waals surface area contributed by atoms with Crippen LogP contribution in [0.1, 0.15) is 40.0 Å². The molecular weight excluding hydrogens is 431 g/mol. The van der Waals surface area contributed by atoms with Crippen LogP contribution in [0.15, 0.2) is 24.3 Å². The van der Waals surface area contributed by atoms with Crippen LogP contribution in [0.4, 0.5) is 10.5 Å². The molecule has 0 saturated heterocycles. The Labute approximate surface area is 156 Å². The van der Waals surface area contributed by atoms with E-state index in [1.807, 2.05) is 20.8 Å². The Bertz CT molecular complexity index is 255. The Morgan fingerprint density at radius 2 is 1.00 bits per heavy atom. The van der Waals surface area contributed by atoms with E-state index in [4.69, 9.17) is 17.2 Å². The molecule has 8 heteroatoms. The maximum atomic E-state index is 11.8. The summed E-state index contributed by atoms with van der Waals surface area (Å²) in [5.41, 5.74) is 19.4. The van der Waals surface area contributed by atoms with Gasteiger partial charge in [-0.15, -0.1) is 0 Å². The molecule has 0 aromatic heterocycles. The second-order valence-corrected chi connectivity index (χ2v) is 7.22. The fourth-order valence-corrected chi connectivity index (χ4v) is 1.76. The Hall–Kier alpha value is 0.446. The maximum Gasteiger partial charge on any atom is 4.00 e. The van der Waals surface area contributed by atoms with Crippen LogP contribution in [0.2, 0.25) is 0 Å². The van der Waals surface area contributed by atoms with E-state index in [2.05, 4.69) is 0 Å². The summed E-state index contributed by atoms with van der Waals surface area (Å²) >= 11 is -5.94. The van der Waals surface area contributed by atoms with Gasteiger partial charge in [-0.2, -0.15) is 19.6 Å². The Balaban J connectivity index is -0.000000107. The average Bonchev–Trinajstić information content (AvgIpc) is 3.02. The van der Waals surface area contributed by atoms with Crippen molar-refractivity contribution in [1.82, 2.24) is 0 Å². The zero-order valence-electron chi connectivity index (χ0n) is 13.7. The summed E-state index contributed by atoms with van der Waals surface area (Å²) in [5, 5.41) is 0. The van der Waals surface area contributed by atoms with Gasteiger partial charge in [-0.3, -0.25) is 0 Å². The molecule has 0 amide bonds. The van der Waals surface area contributed by atoms with Crippen molar-refractivity contribution < 1.29 is 36.7 Å². The van der Waals surface area contributed by atoms with Crippen LogP contribution in [0.3, 0.4) is 0 Å². The molecule has 1 rings (SSSR count). The van der Waals surface area contributed by atoms with Crippen molar-refractivity contribution >= 4 is 19.1 Å². The number of nitrogens with one attached hydrogen (secondary N) is 3. The van der Waals surface area contributed by atoms with Crippen LogP contribution in [0.5, 0.6) is 0 Å². The average molecular weight is 459 g/mol. The predicted octanol–water partition coefficient (Wildman–Crippen LogP) is 5.80. The van der Waals surface area contributed by atoms with E-state index in [0.29, 0.717) is 19.6 Å². The Kier molecular flexibility index (Phi) is 32.7. The van der Waals surface area contributed by atoms with Gasteiger partial charge >= 0.3 is 80.0 Å². The fourth-order valence-electron chi connectivity index (χ4n) is 0.563. The van der Waals surface area contributed by atoms with E-state index in [0.717, 1.165) is 31.4 Å². The summed E-state index contributed by atoms with van der Waals surface area (Å²) in [5.74, 6) is 0. The van der Waals surface area contributed by atoms with Crippen molar-refractivity contribution in [2.45, 2.75) is 40.0 Å². The topological polar surface area (TPSA) is 71.4 Å². The molecule has 128 valence electrons. The minimum Gasteiger partial charge on any atom is 4.00 e. The molecule has 0 fully saturated rings. The van der Waals surface area contributed by atoms with Gasteiger partial charge in [0, 0.05) is 0 Å². The quantitative estimate of drug-likeness (QED) is 0.403. The molecule has 0 radical (unpaired) electrons. The van der Waals surface area contributed by atoms with E-state index in [9.17, 15) is 10.5 Å². The van der Waals surface area contributed by atoms with Gasteiger partial charge in [0.05, 0.1) is 0 Å². The first-order chi connectivity index (χ1) is 9.85. The molecule has 0 aliphatic carbocycles. The largest absolute Gasteiger partial charge is 4.00 e. The molecule has 0 aliphatic heterocycles. The van der Waals surface area contributed by atoms with Gasteiger partial charge in [-0.1, -0.05) is 40.0 Å². The van der Waals surface area contributed by atoms with Crippen molar-refractivity contribution in [2.75, 3.05) is 19.6 Å². The fraction of sp³-hybridized carbons (Fsp3) is 0.643. The standard InChI is InChI=1S/C5H4F3Ge.3C3H8N.Zr/c6-9(7,8)5-3-1-2-4-5;3*1-2-3-4;/h1-4H;3*4H,2-3H2,1H3;/q4*-1;+4. The van der Waals surface area contributed by atoms with Gasteiger partial charge in [0.1, 0.15) is 0 Å². The Morgan fingerprint density at radius 3 is 1.09 bits per heavy atom. The molecule has 0 bridgehead atoms. The third-order valence-electron chi connectivity index (χ3n) is 1.74. The normalized spacial score (nSPS) is 8.95. The van der Waals surface area contributed by atoms with Gasteiger partial charge < -0.3 is 17.2 Å². The monoisotopic (exact) mass is 459 g/mol. The second kappa shape index (κ2) is 23.7. The molecule has 1 aromatic carbocycles. The summed E-state index contributed by atoms with van der Waals surface area (Å²) in [4.78, 5) is 0. The molecule has 0 unspecified atom stereocenters. The minimum atomic E-state index is -5.94. The van der Waals surface area contributed by atoms with E-state index < -0.39 is 19.1 Å². The third-order valence-corrected chi connectivity index (χ3v) is 3.81. The molecule has 0 aliphatic rings. The van der Waals surface area contributed by atoms with Gasteiger partial charge in [0.2, 0.25) is 0 Å². The van der Waals surface area contributed by atoms with E-state index in [1.165, 1.54) is 12.1 Å². The van der Waals surface area contributed by atoms with Crippen molar-refractivity contribution in [2.24, 2.45) is 0 Å². The van der Waals surface area contributed by atoms with Gasteiger partial charge in [0.25, 0.3) is 0 Å². The number of halogens is 3. The molecule has 0 spiro atoms. The van der Waals surface area contributed by atoms with E-state index in [1.54, 1.807) is 0 Å². The van der Waals surface area contributed by atoms with E-state index in [-0.39, 0.29) is 26.2 Å². The SMILES string of the molecule is CCC[NH-].CCC[NH-].CCC[NH-].[F][Ge]([F])([F])[c-]1cccc1.[Zr+4].